The number of anilines is 1. The second kappa shape index (κ2) is 7.56. The molecule has 0 radical (unpaired) electrons. The molecule has 1 saturated heterocycles. The Hall–Kier alpha value is -1.55. The van der Waals surface area contributed by atoms with E-state index >= 15 is 0 Å². The number of amides is 1. The Morgan fingerprint density at radius 3 is 2.62 bits per heavy atom. The number of hydrogen-bond donors (Lipinski definition) is 1. The van der Waals surface area contributed by atoms with Gasteiger partial charge in [-0.2, -0.15) is 0 Å². The molecule has 1 aliphatic carbocycles. The highest BCUT2D eigenvalue weighted by Gasteiger charge is 2.32. The summed E-state index contributed by atoms with van der Waals surface area (Å²) in [6, 6.07) is 9.24. The summed E-state index contributed by atoms with van der Waals surface area (Å²) in [5.74, 6) is 0.703. The Balaban J connectivity index is 1.58. The molecular weight excluding hydrogens is 298 g/mol. The Kier molecular flexibility index (Phi) is 5.44. The number of rotatable bonds is 5. The molecule has 132 valence electrons. The van der Waals surface area contributed by atoms with Gasteiger partial charge >= 0.3 is 0 Å². The summed E-state index contributed by atoms with van der Waals surface area (Å²) in [6.45, 7) is 4.00. The van der Waals surface area contributed by atoms with Crippen LogP contribution in [0, 0.1) is 5.92 Å². The van der Waals surface area contributed by atoms with Gasteiger partial charge in [0, 0.05) is 50.9 Å². The maximum absolute atomic E-state index is 12.6. The third-order valence-corrected chi connectivity index (χ3v) is 5.58. The third-order valence-electron chi connectivity index (χ3n) is 5.58. The van der Waals surface area contributed by atoms with Crippen LogP contribution in [0.2, 0.25) is 0 Å². The average Bonchev–Trinajstić information content (AvgIpc) is 3.26. The van der Waals surface area contributed by atoms with E-state index < -0.39 is 0 Å². The van der Waals surface area contributed by atoms with Crippen molar-refractivity contribution in [2.75, 3.05) is 32.1 Å². The highest BCUT2D eigenvalue weighted by atomic mass is 16.2. The van der Waals surface area contributed by atoms with Gasteiger partial charge in [0.05, 0.1) is 0 Å². The summed E-state index contributed by atoms with van der Waals surface area (Å²) < 4.78 is 0. The van der Waals surface area contributed by atoms with Crippen molar-refractivity contribution >= 4 is 11.6 Å². The first-order chi connectivity index (χ1) is 11.6. The van der Waals surface area contributed by atoms with Gasteiger partial charge < -0.3 is 15.1 Å². The topological polar surface area (TPSA) is 35.6 Å². The van der Waals surface area contributed by atoms with Crippen molar-refractivity contribution in [3.8, 4) is 0 Å². The first kappa shape index (κ1) is 17.3. The number of nitrogens with zero attached hydrogens (tertiary/aromatic N) is 2. The summed E-state index contributed by atoms with van der Waals surface area (Å²) in [4.78, 5) is 16.8. The zero-order valence-electron chi connectivity index (χ0n) is 15.3. The number of carbonyl (C=O) groups is 1. The summed E-state index contributed by atoms with van der Waals surface area (Å²) in [5, 5.41) is 3.75. The van der Waals surface area contributed by atoms with Gasteiger partial charge in [-0.05, 0) is 37.8 Å². The van der Waals surface area contributed by atoms with Crippen molar-refractivity contribution in [3.63, 3.8) is 0 Å². The zero-order chi connectivity index (χ0) is 17.1. The van der Waals surface area contributed by atoms with Gasteiger partial charge in [0.1, 0.15) is 0 Å². The molecule has 0 aromatic heterocycles. The number of carbonyl (C=O) groups excluding carboxylic acids is 1. The van der Waals surface area contributed by atoms with Crippen molar-refractivity contribution in [2.45, 2.75) is 51.1 Å². The van der Waals surface area contributed by atoms with Crippen LogP contribution in [0.3, 0.4) is 0 Å². The Labute approximate surface area is 146 Å². The average molecular weight is 329 g/mol. The van der Waals surface area contributed by atoms with E-state index in [0.717, 1.165) is 32.4 Å². The first-order valence-electron chi connectivity index (χ1n) is 9.37. The van der Waals surface area contributed by atoms with E-state index in [-0.39, 0.29) is 6.04 Å². The van der Waals surface area contributed by atoms with Gasteiger partial charge in [0.15, 0.2) is 0 Å². The van der Waals surface area contributed by atoms with E-state index in [1.54, 1.807) is 0 Å². The lowest BCUT2D eigenvalue weighted by Crippen LogP contribution is -2.38. The molecule has 1 amide bonds. The minimum Gasteiger partial charge on any atom is -0.377 e. The molecule has 2 fully saturated rings. The molecule has 1 saturated carbocycles. The normalized spacial score (nSPS) is 22.8. The summed E-state index contributed by atoms with van der Waals surface area (Å²) in [5.41, 5.74) is 2.58. The Morgan fingerprint density at radius 1 is 1.21 bits per heavy atom. The number of likely N-dealkylation sites (tertiary alicyclic amines) is 1. The van der Waals surface area contributed by atoms with Gasteiger partial charge in [-0.1, -0.05) is 31.0 Å². The SMILES string of the molecule is C[C@H](N[C@@H]1CCN(C(=O)C2CCCC2)C1)c1ccccc1N(C)C. The number of hydrogen-bond acceptors (Lipinski definition) is 3. The molecule has 4 nitrogen and oxygen atoms in total. The minimum atomic E-state index is 0.287. The molecule has 0 spiro atoms. The maximum Gasteiger partial charge on any atom is 0.225 e. The van der Waals surface area contributed by atoms with E-state index in [2.05, 4.69) is 60.4 Å². The van der Waals surface area contributed by atoms with Crippen LogP contribution >= 0.6 is 0 Å². The van der Waals surface area contributed by atoms with Crippen LogP contribution in [-0.2, 0) is 4.79 Å². The van der Waals surface area contributed by atoms with Gasteiger partial charge in [-0.3, -0.25) is 4.79 Å². The Bertz CT molecular complexity index is 566. The van der Waals surface area contributed by atoms with Gasteiger partial charge in [0.25, 0.3) is 0 Å². The van der Waals surface area contributed by atoms with Crippen LogP contribution in [0.5, 0.6) is 0 Å². The molecule has 2 atom stereocenters. The van der Waals surface area contributed by atoms with Gasteiger partial charge in [0.2, 0.25) is 5.91 Å². The molecule has 1 aromatic rings. The molecule has 0 bridgehead atoms. The molecule has 1 aromatic carbocycles. The predicted octanol–water partition coefficient (Wildman–Crippen LogP) is 3.19. The quantitative estimate of drug-likeness (QED) is 0.901. The number of nitrogens with one attached hydrogen (secondary N) is 1. The van der Waals surface area contributed by atoms with Crippen molar-refractivity contribution in [3.05, 3.63) is 29.8 Å². The fourth-order valence-corrected chi connectivity index (χ4v) is 4.23. The van der Waals surface area contributed by atoms with Crippen molar-refractivity contribution < 1.29 is 4.79 Å². The molecule has 2 aliphatic rings. The van der Waals surface area contributed by atoms with E-state index in [4.69, 9.17) is 0 Å². The lowest BCUT2D eigenvalue weighted by atomic mass is 10.0. The van der Waals surface area contributed by atoms with Crippen LogP contribution < -0.4 is 10.2 Å². The standard InChI is InChI=1S/C20H31N3O/c1-15(18-10-6-7-11-19(18)22(2)3)21-17-12-13-23(14-17)20(24)16-8-4-5-9-16/h6-7,10-11,15-17,21H,4-5,8-9,12-14H2,1-3H3/t15-,17+/m0/s1. The van der Waals surface area contributed by atoms with Gasteiger partial charge in [-0.25, -0.2) is 0 Å². The molecule has 4 heteroatoms. The van der Waals surface area contributed by atoms with Crippen molar-refractivity contribution in [1.29, 1.82) is 0 Å². The number of para-hydroxylation sites is 1. The lowest BCUT2D eigenvalue weighted by molar-refractivity contribution is -0.134. The molecule has 1 N–H and O–H groups in total. The van der Waals surface area contributed by atoms with Crippen molar-refractivity contribution in [1.82, 2.24) is 10.2 Å². The van der Waals surface area contributed by atoms with Crippen LogP contribution in [0.15, 0.2) is 24.3 Å². The monoisotopic (exact) mass is 329 g/mol. The molecule has 3 rings (SSSR count). The molecule has 0 unspecified atom stereocenters. The fraction of sp³-hybridized carbons (Fsp3) is 0.650. The molecule has 1 heterocycles. The summed E-state index contributed by atoms with van der Waals surface area (Å²) >= 11 is 0. The third kappa shape index (κ3) is 3.75. The maximum atomic E-state index is 12.6. The van der Waals surface area contributed by atoms with E-state index in [0.29, 0.717) is 17.9 Å². The first-order valence-corrected chi connectivity index (χ1v) is 9.37. The summed E-state index contributed by atoms with van der Waals surface area (Å²) in [6.07, 6.45) is 5.71. The van der Waals surface area contributed by atoms with Gasteiger partial charge in [-0.15, -0.1) is 0 Å². The van der Waals surface area contributed by atoms with Crippen LogP contribution in [-0.4, -0.2) is 44.0 Å². The smallest absolute Gasteiger partial charge is 0.225 e. The van der Waals surface area contributed by atoms with Crippen molar-refractivity contribution in [2.24, 2.45) is 5.92 Å². The second-order valence-corrected chi connectivity index (χ2v) is 7.59. The van der Waals surface area contributed by atoms with E-state index in [1.165, 1.54) is 24.1 Å². The number of benzene rings is 1. The highest BCUT2D eigenvalue weighted by Crippen LogP contribution is 2.29. The van der Waals surface area contributed by atoms with Crippen LogP contribution in [0.25, 0.3) is 0 Å². The highest BCUT2D eigenvalue weighted by molar-refractivity contribution is 5.79. The predicted molar refractivity (Wildman–Crippen MR) is 99.3 cm³/mol. The fourth-order valence-electron chi connectivity index (χ4n) is 4.23. The minimum absolute atomic E-state index is 0.287. The molecule has 24 heavy (non-hydrogen) atoms. The van der Waals surface area contributed by atoms with Crippen LogP contribution in [0.4, 0.5) is 5.69 Å². The Morgan fingerprint density at radius 2 is 1.92 bits per heavy atom. The second-order valence-electron chi connectivity index (χ2n) is 7.59. The zero-order valence-corrected chi connectivity index (χ0v) is 15.3. The molecule has 1 aliphatic heterocycles. The largest absolute Gasteiger partial charge is 0.377 e. The lowest BCUT2D eigenvalue weighted by Gasteiger charge is -2.25. The van der Waals surface area contributed by atoms with E-state index in [9.17, 15) is 4.79 Å². The summed E-state index contributed by atoms with van der Waals surface area (Å²) in [7, 11) is 4.17. The van der Waals surface area contributed by atoms with Crippen LogP contribution in [0.1, 0.15) is 50.6 Å². The molecular formula is C20H31N3O. The van der Waals surface area contributed by atoms with E-state index in [1.807, 2.05) is 0 Å².